The van der Waals surface area contributed by atoms with Crippen molar-refractivity contribution in [3.8, 4) is 0 Å². The first kappa shape index (κ1) is 14.5. The molecular weight excluding hydrogens is 256 g/mol. The fourth-order valence-electron chi connectivity index (χ4n) is 2.80. The van der Waals surface area contributed by atoms with Crippen LogP contribution in [0.4, 0.5) is 14.5 Å². The fraction of sp³-hybridized carbons (Fsp3) is 0.294. The highest BCUT2D eigenvalue weighted by atomic mass is 19.1. The van der Waals surface area contributed by atoms with Gasteiger partial charge in [0, 0.05) is 6.04 Å². The number of anilines is 1. The van der Waals surface area contributed by atoms with E-state index in [9.17, 15) is 8.78 Å². The molecule has 1 unspecified atom stereocenters. The van der Waals surface area contributed by atoms with Gasteiger partial charge in [-0.1, -0.05) is 23.8 Å². The number of aryl methyl sites for hydroxylation is 3. The average Bonchev–Trinajstić information content (AvgIpc) is 2.32. The van der Waals surface area contributed by atoms with Gasteiger partial charge >= 0.3 is 0 Å². The van der Waals surface area contributed by atoms with Crippen molar-refractivity contribution >= 4 is 5.69 Å². The Hall–Kier alpha value is -1.90. The first-order chi connectivity index (χ1) is 9.40. The Labute approximate surface area is 118 Å². The molecule has 3 heteroatoms. The van der Waals surface area contributed by atoms with E-state index < -0.39 is 11.6 Å². The molecule has 0 aromatic heterocycles. The Morgan fingerprint density at radius 1 is 0.950 bits per heavy atom. The summed E-state index contributed by atoms with van der Waals surface area (Å²) in [5, 5.41) is 2.95. The van der Waals surface area contributed by atoms with Crippen LogP contribution in [0.25, 0.3) is 0 Å². The molecule has 2 aromatic carbocycles. The Bertz CT molecular complexity index is 592. The molecule has 1 N–H and O–H groups in total. The summed E-state index contributed by atoms with van der Waals surface area (Å²) in [5.41, 5.74) is 4.45. The molecule has 0 saturated heterocycles. The first-order valence-electron chi connectivity index (χ1n) is 6.68. The van der Waals surface area contributed by atoms with Crippen LogP contribution >= 0.6 is 0 Å². The monoisotopic (exact) mass is 275 g/mol. The van der Waals surface area contributed by atoms with Crippen LogP contribution in [0, 0.1) is 32.4 Å². The van der Waals surface area contributed by atoms with Gasteiger partial charge in [-0.05, 0) is 56.5 Å². The summed E-state index contributed by atoms with van der Waals surface area (Å²) in [6.45, 7) is 7.99. The van der Waals surface area contributed by atoms with Crippen LogP contribution in [0.15, 0.2) is 30.3 Å². The predicted molar refractivity (Wildman–Crippen MR) is 79.0 cm³/mol. The van der Waals surface area contributed by atoms with Crippen LogP contribution in [-0.2, 0) is 0 Å². The standard InChI is InChI=1S/C17H19F2N/c1-10-8-11(2)16(12(3)9-10)13(4)20-17-14(18)6-5-7-15(17)19/h5-9,13,20H,1-4H3. The number of hydrogen-bond acceptors (Lipinski definition) is 1. The molecular formula is C17H19F2N. The van der Waals surface area contributed by atoms with Crippen molar-refractivity contribution in [1.82, 2.24) is 0 Å². The molecule has 0 saturated carbocycles. The van der Waals surface area contributed by atoms with Crippen LogP contribution in [0.3, 0.4) is 0 Å². The van der Waals surface area contributed by atoms with Crippen LogP contribution in [0.5, 0.6) is 0 Å². The minimum atomic E-state index is -0.570. The van der Waals surface area contributed by atoms with E-state index in [1.165, 1.54) is 23.8 Å². The zero-order chi connectivity index (χ0) is 14.9. The second kappa shape index (κ2) is 5.61. The summed E-state index contributed by atoms with van der Waals surface area (Å²) < 4.78 is 27.4. The van der Waals surface area contributed by atoms with E-state index in [0.29, 0.717) is 0 Å². The number of nitrogens with one attached hydrogen (secondary N) is 1. The Morgan fingerprint density at radius 2 is 1.45 bits per heavy atom. The molecule has 1 atom stereocenters. The van der Waals surface area contributed by atoms with Gasteiger partial charge in [-0.25, -0.2) is 8.78 Å². The number of benzene rings is 2. The molecule has 20 heavy (non-hydrogen) atoms. The summed E-state index contributed by atoms with van der Waals surface area (Å²) in [5.74, 6) is -1.14. The van der Waals surface area contributed by atoms with Crippen molar-refractivity contribution in [2.45, 2.75) is 33.7 Å². The molecule has 0 radical (unpaired) electrons. The molecule has 0 amide bonds. The fourth-order valence-corrected chi connectivity index (χ4v) is 2.80. The SMILES string of the molecule is Cc1cc(C)c(C(C)Nc2c(F)cccc2F)c(C)c1. The quantitative estimate of drug-likeness (QED) is 0.825. The van der Waals surface area contributed by atoms with Gasteiger partial charge in [0.25, 0.3) is 0 Å². The molecule has 106 valence electrons. The van der Waals surface area contributed by atoms with Gasteiger partial charge in [0.15, 0.2) is 0 Å². The third-order valence-corrected chi connectivity index (χ3v) is 3.49. The number of para-hydroxylation sites is 1. The van der Waals surface area contributed by atoms with E-state index in [0.717, 1.165) is 16.7 Å². The topological polar surface area (TPSA) is 12.0 Å². The summed E-state index contributed by atoms with van der Waals surface area (Å²) in [6, 6.07) is 7.88. The lowest BCUT2D eigenvalue weighted by Gasteiger charge is -2.21. The summed E-state index contributed by atoms with van der Waals surface area (Å²) in [6.07, 6.45) is 0. The third-order valence-electron chi connectivity index (χ3n) is 3.49. The van der Waals surface area contributed by atoms with Crippen LogP contribution in [-0.4, -0.2) is 0 Å². The maximum Gasteiger partial charge on any atom is 0.149 e. The van der Waals surface area contributed by atoms with Gasteiger partial charge in [0.05, 0.1) is 0 Å². The second-order valence-electron chi connectivity index (χ2n) is 5.28. The molecule has 0 aliphatic heterocycles. The number of halogens is 2. The Balaban J connectivity index is 2.36. The maximum atomic E-state index is 13.7. The molecule has 1 nitrogen and oxygen atoms in total. The van der Waals surface area contributed by atoms with Crippen LogP contribution in [0.1, 0.15) is 35.2 Å². The van der Waals surface area contributed by atoms with Crippen molar-refractivity contribution in [3.05, 3.63) is 64.2 Å². The van der Waals surface area contributed by atoms with E-state index >= 15 is 0 Å². The summed E-state index contributed by atoms with van der Waals surface area (Å²) in [7, 11) is 0. The molecule has 2 rings (SSSR count). The largest absolute Gasteiger partial charge is 0.374 e. The molecule has 0 spiro atoms. The molecule has 0 fully saturated rings. The van der Waals surface area contributed by atoms with Crippen molar-refractivity contribution in [1.29, 1.82) is 0 Å². The molecule has 0 bridgehead atoms. The molecule has 2 aromatic rings. The number of rotatable bonds is 3. The second-order valence-corrected chi connectivity index (χ2v) is 5.28. The predicted octanol–water partition coefficient (Wildman–Crippen LogP) is 5.06. The van der Waals surface area contributed by atoms with E-state index in [4.69, 9.17) is 0 Å². The highest BCUT2D eigenvalue weighted by Crippen LogP contribution is 2.28. The zero-order valence-corrected chi connectivity index (χ0v) is 12.2. The summed E-state index contributed by atoms with van der Waals surface area (Å²) in [4.78, 5) is 0. The van der Waals surface area contributed by atoms with E-state index in [2.05, 4.69) is 17.4 Å². The normalized spacial score (nSPS) is 12.3. The highest BCUT2D eigenvalue weighted by Gasteiger charge is 2.16. The Kier molecular flexibility index (Phi) is 4.07. The lowest BCUT2D eigenvalue weighted by molar-refractivity contribution is 0.584. The number of hydrogen-bond donors (Lipinski definition) is 1. The van der Waals surface area contributed by atoms with E-state index in [1.807, 2.05) is 27.7 Å². The smallest absolute Gasteiger partial charge is 0.149 e. The Morgan fingerprint density at radius 3 is 1.95 bits per heavy atom. The average molecular weight is 275 g/mol. The van der Waals surface area contributed by atoms with Crippen molar-refractivity contribution in [2.24, 2.45) is 0 Å². The van der Waals surface area contributed by atoms with Crippen LogP contribution < -0.4 is 5.32 Å². The minimum absolute atomic E-state index is 0.0700. The van der Waals surface area contributed by atoms with Gasteiger partial charge in [-0.2, -0.15) is 0 Å². The van der Waals surface area contributed by atoms with Crippen molar-refractivity contribution in [2.75, 3.05) is 5.32 Å². The summed E-state index contributed by atoms with van der Waals surface area (Å²) >= 11 is 0. The lowest BCUT2D eigenvalue weighted by atomic mass is 9.94. The van der Waals surface area contributed by atoms with Crippen LogP contribution in [0.2, 0.25) is 0 Å². The molecule has 0 heterocycles. The lowest BCUT2D eigenvalue weighted by Crippen LogP contribution is -2.12. The zero-order valence-electron chi connectivity index (χ0n) is 12.2. The van der Waals surface area contributed by atoms with Gasteiger partial charge in [0.1, 0.15) is 17.3 Å². The van der Waals surface area contributed by atoms with Gasteiger partial charge in [-0.3, -0.25) is 0 Å². The minimum Gasteiger partial charge on any atom is -0.374 e. The molecule has 0 aliphatic rings. The van der Waals surface area contributed by atoms with E-state index in [-0.39, 0.29) is 11.7 Å². The van der Waals surface area contributed by atoms with Crippen molar-refractivity contribution in [3.63, 3.8) is 0 Å². The third kappa shape index (κ3) is 2.82. The first-order valence-corrected chi connectivity index (χ1v) is 6.68. The highest BCUT2D eigenvalue weighted by molar-refractivity contribution is 5.50. The van der Waals surface area contributed by atoms with E-state index in [1.54, 1.807) is 0 Å². The van der Waals surface area contributed by atoms with Crippen molar-refractivity contribution < 1.29 is 8.78 Å². The van der Waals surface area contributed by atoms with Gasteiger partial charge < -0.3 is 5.32 Å². The molecule has 0 aliphatic carbocycles. The van der Waals surface area contributed by atoms with Gasteiger partial charge in [-0.15, -0.1) is 0 Å². The maximum absolute atomic E-state index is 13.7. The van der Waals surface area contributed by atoms with Gasteiger partial charge in [0.2, 0.25) is 0 Å².